The second kappa shape index (κ2) is 6.47. The highest BCUT2D eigenvalue weighted by Crippen LogP contribution is 2.21. The van der Waals surface area contributed by atoms with E-state index < -0.39 is 23.4 Å². The van der Waals surface area contributed by atoms with Gasteiger partial charge in [-0.15, -0.1) is 11.8 Å². The molecule has 2 aromatic rings. The van der Waals surface area contributed by atoms with E-state index in [4.69, 9.17) is 0 Å². The average Bonchev–Trinajstić information content (AvgIpc) is 2.42. The predicted molar refractivity (Wildman–Crippen MR) is 72.1 cm³/mol. The molecular formula is C14H10F3NOS. The number of carbonyl (C=O) groups excluding carboxylic acids is 1. The summed E-state index contributed by atoms with van der Waals surface area (Å²) in [7, 11) is 0. The number of amides is 1. The summed E-state index contributed by atoms with van der Waals surface area (Å²) < 4.78 is 39.0. The number of nitrogens with one attached hydrogen (secondary N) is 1. The monoisotopic (exact) mass is 297 g/mol. The first-order valence-corrected chi connectivity index (χ1v) is 6.67. The third-order valence-electron chi connectivity index (χ3n) is 2.40. The van der Waals surface area contributed by atoms with Crippen molar-refractivity contribution < 1.29 is 18.0 Å². The van der Waals surface area contributed by atoms with E-state index in [9.17, 15) is 18.0 Å². The van der Waals surface area contributed by atoms with Gasteiger partial charge in [-0.05, 0) is 24.3 Å². The molecule has 104 valence electrons. The van der Waals surface area contributed by atoms with Crippen LogP contribution in [0.5, 0.6) is 0 Å². The van der Waals surface area contributed by atoms with Crippen LogP contribution >= 0.6 is 11.8 Å². The lowest BCUT2D eigenvalue weighted by atomic mass is 10.3. The van der Waals surface area contributed by atoms with E-state index >= 15 is 0 Å². The van der Waals surface area contributed by atoms with Crippen LogP contribution in [0.15, 0.2) is 47.4 Å². The van der Waals surface area contributed by atoms with Crippen LogP contribution in [0.3, 0.4) is 0 Å². The molecule has 20 heavy (non-hydrogen) atoms. The molecule has 0 aromatic heterocycles. The Kier molecular flexibility index (Phi) is 4.68. The zero-order valence-electron chi connectivity index (χ0n) is 10.2. The van der Waals surface area contributed by atoms with Crippen LogP contribution in [0.2, 0.25) is 0 Å². The largest absolute Gasteiger partial charge is 0.325 e. The molecular weight excluding hydrogens is 287 g/mol. The van der Waals surface area contributed by atoms with E-state index in [1.165, 1.54) is 12.1 Å². The van der Waals surface area contributed by atoms with Crippen molar-refractivity contribution in [3.63, 3.8) is 0 Å². The summed E-state index contributed by atoms with van der Waals surface area (Å²) >= 11 is 1.03. The van der Waals surface area contributed by atoms with Crippen molar-refractivity contribution in [1.82, 2.24) is 0 Å². The van der Waals surface area contributed by atoms with Crippen molar-refractivity contribution in [1.29, 1.82) is 0 Å². The first kappa shape index (κ1) is 14.5. The van der Waals surface area contributed by atoms with Gasteiger partial charge in [-0.25, -0.2) is 13.2 Å². The van der Waals surface area contributed by atoms with Gasteiger partial charge in [0.1, 0.15) is 5.82 Å². The predicted octanol–water partition coefficient (Wildman–Crippen LogP) is 3.83. The lowest BCUT2D eigenvalue weighted by Crippen LogP contribution is -2.14. The van der Waals surface area contributed by atoms with E-state index in [2.05, 4.69) is 5.32 Å². The van der Waals surface area contributed by atoms with Crippen LogP contribution in [-0.4, -0.2) is 11.7 Å². The van der Waals surface area contributed by atoms with Gasteiger partial charge in [-0.3, -0.25) is 4.79 Å². The fourth-order valence-corrected chi connectivity index (χ4v) is 2.22. The van der Waals surface area contributed by atoms with Gasteiger partial charge in [-0.2, -0.15) is 0 Å². The van der Waals surface area contributed by atoms with Gasteiger partial charge in [0.15, 0.2) is 11.6 Å². The number of benzene rings is 2. The number of halogens is 3. The van der Waals surface area contributed by atoms with Crippen LogP contribution in [0, 0.1) is 17.5 Å². The van der Waals surface area contributed by atoms with Crippen LogP contribution < -0.4 is 5.32 Å². The Hall–Kier alpha value is -1.95. The molecule has 6 heteroatoms. The third-order valence-corrected chi connectivity index (χ3v) is 3.45. The smallest absolute Gasteiger partial charge is 0.234 e. The molecule has 2 aromatic carbocycles. The van der Waals surface area contributed by atoms with E-state index in [1.807, 2.05) is 0 Å². The molecule has 2 rings (SSSR count). The number of rotatable bonds is 4. The number of anilines is 1. The minimum Gasteiger partial charge on any atom is -0.325 e. The van der Waals surface area contributed by atoms with E-state index in [-0.39, 0.29) is 11.4 Å². The standard InChI is InChI=1S/C14H10F3NOS/c15-10-6-5-9(7-12(10)17)18-14(19)8-20-13-4-2-1-3-11(13)16/h1-7H,8H2,(H,18,19). The van der Waals surface area contributed by atoms with E-state index in [0.29, 0.717) is 4.90 Å². The zero-order chi connectivity index (χ0) is 14.5. The molecule has 0 saturated carbocycles. The Morgan fingerprint density at radius 1 is 1.00 bits per heavy atom. The Bertz CT molecular complexity index is 634. The molecule has 0 bridgehead atoms. The molecule has 0 atom stereocenters. The molecule has 0 saturated heterocycles. The molecule has 0 aliphatic rings. The van der Waals surface area contributed by atoms with Gasteiger partial charge in [0.05, 0.1) is 5.75 Å². The summed E-state index contributed by atoms with van der Waals surface area (Å²) in [6, 6.07) is 9.15. The Labute approximate surface area is 118 Å². The maximum atomic E-state index is 13.3. The van der Waals surface area contributed by atoms with Crippen molar-refractivity contribution in [3.8, 4) is 0 Å². The molecule has 0 fully saturated rings. The summed E-state index contributed by atoms with van der Waals surface area (Å²) in [5, 5.41) is 2.41. The normalized spacial score (nSPS) is 10.3. The summed E-state index contributed by atoms with van der Waals surface area (Å²) in [5.41, 5.74) is 0.156. The number of hydrogen-bond acceptors (Lipinski definition) is 2. The Balaban J connectivity index is 1.93. The number of thioether (sulfide) groups is 1. The first-order valence-electron chi connectivity index (χ1n) is 5.68. The van der Waals surface area contributed by atoms with E-state index in [1.54, 1.807) is 18.2 Å². The lowest BCUT2D eigenvalue weighted by molar-refractivity contribution is -0.113. The summed E-state index contributed by atoms with van der Waals surface area (Å²) in [6.45, 7) is 0. The van der Waals surface area contributed by atoms with Gasteiger partial charge in [-0.1, -0.05) is 12.1 Å². The summed E-state index contributed by atoms with van der Waals surface area (Å²) in [4.78, 5) is 12.0. The lowest BCUT2D eigenvalue weighted by Gasteiger charge is -2.06. The minimum atomic E-state index is -1.04. The molecule has 2 nitrogen and oxygen atoms in total. The molecule has 1 N–H and O–H groups in total. The maximum absolute atomic E-state index is 13.3. The topological polar surface area (TPSA) is 29.1 Å². The van der Waals surface area contributed by atoms with Crippen molar-refractivity contribution in [3.05, 3.63) is 59.9 Å². The van der Waals surface area contributed by atoms with Crippen molar-refractivity contribution >= 4 is 23.4 Å². The number of hydrogen-bond donors (Lipinski definition) is 1. The third kappa shape index (κ3) is 3.77. The van der Waals surface area contributed by atoms with E-state index in [0.717, 1.165) is 23.9 Å². The van der Waals surface area contributed by atoms with Gasteiger partial charge in [0, 0.05) is 16.6 Å². The van der Waals surface area contributed by atoms with Gasteiger partial charge in [0.25, 0.3) is 0 Å². The molecule has 1 amide bonds. The molecule has 0 heterocycles. The van der Waals surface area contributed by atoms with Crippen LogP contribution in [0.1, 0.15) is 0 Å². The quantitative estimate of drug-likeness (QED) is 0.869. The SMILES string of the molecule is O=C(CSc1ccccc1F)Nc1ccc(F)c(F)c1. The summed E-state index contributed by atoms with van der Waals surface area (Å²) in [5.74, 6) is -2.88. The van der Waals surface area contributed by atoms with Crippen LogP contribution in [0.4, 0.5) is 18.9 Å². The fourth-order valence-electron chi connectivity index (χ4n) is 1.48. The molecule has 0 unspecified atom stereocenters. The van der Waals surface area contributed by atoms with Crippen molar-refractivity contribution in [2.45, 2.75) is 4.90 Å². The van der Waals surface area contributed by atoms with Gasteiger partial charge < -0.3 is 5.32 Å². The second-order valence-corrected chi connectivity index (χ2v) is 4.91. The number of carbonyl (C=O) groups is 1. The van der Waals surface area contributed by atoms with Crippen molar-refractivity contribution in [2.75, 3.05) is 11.1 Å². The Morgan fingerprint density at radius 2 is 1.75 bits per heavy atom. The average molecular weight is 297 g/mol. The van der Waals surface area contributed by atoms with Crippen molar-refractivity contribution in [2.24, 2.45) is 0 Å². The fraction of sp³-hybridized carbons (Fsp3) is 0.0714. The maximum Gasteiger partial charge on any atom is 0.234 e. The van der Waals surface area contributed by atoms with Gasteiger partial charge >= 0.3 is 0 Å². The van der Waals surface area contributed by atoms with Crippen LogP contribution in [-0.2, 0) is 4.79 Å². The zero-order valence-corrected chi connectivity index (χ0v) is 11.0. The molecule has 0 radical (unpaired) electrons. The Morgan fingerprint density at radius 3 is 2.45 bits per heavy atom. The molecule has 0 aliphatic carbocycles. The molecule has 0 spiro atoms. The highest BCUT2D eigenvalue weighted by Gasteiger charge is 2.08. The minimum absolute atomic E-state index is 0.0278. The van der Waals surface area contributed by atoms with Crippen LogP contribution in [0.25, 0.3) is 0 Å². The van der Waals surface area contributed by atoms with Gasteiger partial charge in [0.2, 0.25) is 5.91 Å². The highest BCUT2D eigenvalue weighted by molar-refractivity contribution is 8.00. The molecule has 0 aliphatic heterocycles. The first-order chi connectivity index (χ1) is 9.56. The second-order valence-electron chi connectivity index (χ2n) is 3.90. The summed E-state index contributed by atoms with van der Waals surface area (Å²) in [6.07, 6.45) is 0. The highest BCUT2D eigenvalue weighted by atomic mass is 32.2.